The van der Waals surface area contributed by atoms with E-state index in [9.17, 15) is 22.0 Å². The molecule has 1 atom stereocenters. The smallest absolute Gasteiger partial charge is 0.264 e. The van der Waals surface area contributed by atoms with Gasteiger partial charge in [-0.25, -0.2) is 17.2 Å². The Balaban J connectivity index is 1.79. The van der Waals surface area contributed by atoms with Crippen LogP contribution < -0.4 is 10.5 Å². The van der Waals surface area contributed by atoms with Crippen LogP contribution >= 0.6 is 0 Å². The molecule has 0 spiro atoms. The Hall–Kier alpha value is -2.52. The zero-order chi connectivity index (χ0) is 19.6. The number of carbonyl (C=O) groups excluding carboxylic acids is 1. The lowest BCUT2D eigenvalue weighted by molar-refractivity contribution is -0.122. The number of primary amides is 1. The fraction of sp³-hybridized carbons (Fsp3) is 0.278. The number of anilines is 1. The predicted molar refractivity (Wildman–Crippen MR) is 96.2 cm³/mol. The molecule has 1 fully saturated rings. The van der Waals surface area contributed by atoms with Crippen LogP contribution in [0.25, 0.3) is 0 Å². The van der Waals surface area contributed by atoms with Crippen molar-refractivity contribution in [2.45, 2.75) is 30.3 Å². The van der Waals surface area contributed by atoms with Gasteiger partial charge in [-0.05, 0) is 49.2 Å². The largest absolute Gasteiger partial charge is 0.368 e. The number of rotatable bonds is 6. The quantitative estimate of drug-likeness (QED) is 0.784. The van der Waals surface area contributed by atoms with Crippen LogP contribution in [0.15, 0.2) is 47.4 Å². The molecule has 0 radical (unpaired) electrons. The highest BCUT2D eigenvalue weighted by Gasteiger charge is 2.29. The fourth-order valence-electron chi connectivity index (χ4n) is 3.21. The molecule has 2 aromatic rings. The summed E-state index contributed by atoms with van der Waals surface area (Å²) in [5.41, 5.74) is 6.39. The van der Waals surface area contributed by atoms with Gasteiger partial charge in [0.2, 0.25) is 5.91 Å². The number of hydrogen-bond acceptors (Lipinski definition) is 4. The molecule has 144 valence electrons. The second kappa shape index (κ2) is 7.61. The average molecular weight is 395 g/mol. The number of nitrogens with two attached hydrogens (primary N) is 1. The molecule has 3 N–H and O–H groups in total. The van der Waals surface area contributed by atoms with Crippen molar-refractivity contribution in [3.63, 3.8) is 0 Å². The third kappa shape index (κ3) is 4.25. The molecule has 2 aromatic carbocycles. The Morgan fingerprint density at radius 1 is 1.22 bits per heavy atom. The summed E-state index contributed by atoms with van der Waals surface area (Å²) in [5, 5.41) is 0. The maximum atomic E-state index is 13.8. The van der Waals surface area contributed by atoms with Gasteiger partial charge in [0, 0.05) is 12.2 Å². The Labute approximate surface area is 156 Å². The SMILES string of the molecule is NC(=O)[C@@H]1CCCN1Cc1cccc(NS(=O)(=O)c2cccc(F)c2F)c1. The highest BCUT2D eigenvalue weighted by Crippen LogP contribution is 2.23. The number of nitrogens with one attached hydrogen (secondary N) is 1. The monoisotopic (exact) mass is 395 g/mol. The lowest BCUT2D eigenvalue weighted by Gasteiger charge is -2.22. The summed E-state index contributed by atoms with van der Waals surface area (Å²) >= 11 is 0. The van der Waals surface area contributed by atoms with E-state index in [1.807, 2.05) is 4.90 Å². The third-order valence-electron chi connectivity index (χ3n) is 4.46. The summed E-state index contributed by atoms with van der Waals surface area (Å²) in [6.07, 6.45) is 1.55. The van der Waals surface area contributed by atoms with Gasteiger partial charge in [-0.1, -0.05) is 18.2 Å². The molecule has 1 aliphatic rings. The molecule has 1 saturated heterocycles. The van der Waals surface area contributed by atoms with Gasteiger partial charge >= 0.3 is 0 Å². The highest BCUT2D eigenvalue weighted by molar-refractivity contribution is 7.92. The van der Waals surface area contributed by atoms with Crippen molar-refractivity contribution < 1.29 is 22.0 Å². The second-order valence-electron chi connectivity index (χ2n) is 6.39. The van der Waals surface area contributed by atoms with E-state index in [-0.39, 0.29) is 17.6 Å². The number of halogens is 2. The summed E-state index contributed by atoms with van der Waals surface area (Å²) < 4.78 is 54.2. The van der Waals surface area contributed by atoms with E-state index < -0.39 is 26.6 Å². The molecule has 27 heavy (non-hydrogen) atoms. The Morgan fingerprint density at radius 2 is 1.96 bits per heavy atom. The van der Waals surface area contributed by atoms with Crippen molar-refractivity contribution in [3.05, 3.63) is 59.7 Å². The van der Waals surface area contributed by atoms with Gasteiger partial charge in [0.1, 0.15) is 4.90 Å². The number of sulfonamides is 1. The topological polar surface area (TPSA) is 92.5 Å². The van der Waals surface area contributed by atoms with Crippen molar-refractivity contribution >= 4 is 21.6 Å². The van der Waals surface area contributed by atoms with E-state index in [0.717, 1.165) is 36.7 Å². The van der Waals surface area contributed by atoms with Crippen molar-refractivity contribution in [1.82, 2.24) is 4.90 Å². The summed E-state index contributed by atoms with van der Waals surface area (Å²) in [5.74, 6) is -3.05. The predicted octanol–water partition coefficient (Wildman–Crippen LogP) is 2.22. The van der Waals surface area contributed by atoms with Crippen LogP contribution in [0, 0.1) is 11.6 Å². The van der Waals surface area contributed by atoms with Crippen LogP contribution in [-0.4, -0.2) is 31.8 Å². The molecule has 0 saturated carbocycles. The van der Waals surface area contributed by atoms with Gasteiger partial charge in [0.15, 0.2) is 11.6 Å². The molecule has 6 nitrogen and oxygen atoms in total. The molecule has 0 aromatic heterocycles. The third-order valence-corrected chi connectivity index (χ3v) is 5.86. The van der Waals surface area contributed by atoms with Crippen molar-refractivity contribution in [2.75, 3.05) is 11.3 Å². The Kier molecular flexibility index (Phi) is 5.43. The van der Waals surface area contributed by atoms with Crippen LogP contribution in [0.2, 0.25) is 0 Å². The van der Waals surface area contributed by atoms with Gasteiger partial charge < -0.3 is 5.73 Å². The zero-order valence-corrected chi connectivity index (χ0v) is 15.2. The molecule has 0 aliphatic carbocycles. The number of carbonyl (C=O) groups is 1. The summed E-state index contributed by atoms with van der Waals surface area (Å²) in [7, 11) is -4.29. The number of benzene rings is 2. The molecule has 3 rings (SSSR count). The minimum atomic E-state index is -4.29. The van der Waals surface area contributed by atoms with Gasteiger partial charge in [0.05, 0.1) is 6.04 Å². The lowest BCUT2D eigenvalue weighted by atomic mass is 10.1. The van der Waals surface area contributed by atoms with E-state index in [2.05, 4.69) is 4.72 Å². The first kappa shape index (κ1) is 19.2. The van der Waals surface area contributed by atoms with E-state index in [1.54, 1.807) is 18.2 Å². The minimum absolute atomic E-state index is 0.214. The zero-order valence-electron chi connectivity index (χ0n) is 14.4. The summed E-state index contributed by atoms with van der Waals surface area (Å²) in [4.78, 5) is 12.7. The first-order chi connectivity index (χ1) is 12.8. The van der Waals surface area contributed by atoms with Crippen molar-refractivity contribution in [2.24, 2.45) is 5.73 Å². The fourth-order valence-corrected chi connectivity index (χ4v) is 4.35. The highest BCUT2D eigenvalue weighted by atomic mass is 32.2. The summed E-state index contributed by atoms with van der Waals surface area (Å²) in [6.45, 7) is 1.15. The minimum Gasteiger partial charge on any atom is -0.368 e. The van der Waals surface area contributed by atoms with Crippen molar-refractivity contribution in [1.29, 1.82) is 0 Å². The van der Waals surface area contributed by atoms with Gasteiger partial charge in [-0.15, -0.1) is 0 Å². The molecular formula is C18H19F2N3O3S. The van der Waals surface area contributed by atoms with Crippen LogP contribution in [0.5, 0.6) is 0 Å². The van der Waals surface area contributed by atoms with Crippen LogP contribution in [-0.2, 0) is 21.4 Å². The van der Waals surface area contributed by atoms with Gasteiger partial charge in [-0.3, -0.25) is 14.4 Å². The molecule has 0 unspecified atom stereocenters. The number of nitrogens with zero attached hydrogens (tertiary/aromatic N) is 1. The molecule has 1 heterocycles. The van der Waals surface area contributed by atoms with Gasteiger partial charge in [-0.2, -0.15) is 0 Å². The van der Waals surface area contributed by atoms with E-state index in [1.165, 1.54) is 6.07 Å². The van der Waals surface area contributed by atoms with E-state index in [4.69, 9.17) is 5.73 Å². The van der Waals surface area contributed by atoms with Crippen LogP contribution in [0.1, 0.15) is 18.4 Å². The number of likely N-dealkylation sites (tertiary alicyclic amines) is 1. The van der Waals surface area contributed by atoms with Crippen LogP contribution in [0.4, 0.5) is 14.5 Å². The summed E-state index contributed by atoms with van der Waals surface area (Å²) in [6, 6.07) is 9.15. The maximum absolute atomic E-state index is 13.8. The molecule has 1 aliphatic heterocycles. The molecule has 9 heteroatoms. The number of amides is 1. The second-order valence-corrected chi connectivity index (χ2v) is 8.04. The molecule has 1 amide bonds. The first-order valence-electron chi connectivity index (χ1n) is 8.37. The normalized spacial score (nSPS) is 17.8. The van der Waals surface area contributed by atoms with E-state index in [0.29, 0.717) is 13.0 Å². The molecule has 0 bridgehead atoms. The van der Waals surface area contributed by atoms with Gasteiger partial charge in [0.25, 0.3) is 10.0 Å². The van der Waals surface area contributed by atoms with Crippen LogP contribution in [0.3, 0.4) is 0 Å². The standard InChI is InChI=1S/C18H19F2N3O3S/c19-14-6-2-8-16(17(14)20)27(25,26)22-13-5-1-4-12(10-13)11-23-9-3-7-15(23)18(21)24/h1-2,4-6,8,10,15,22H,3,7,9,11H2,(H2,21,24)/t15-/m0/s1. The molecular weight excluding hydrogens is 376 g/mol. The average Bonchev–Trinajstić information content (AvgIpc) is 3.05. The lowest BCUT2D eigenvalue weighted by Crippen LogP contribution is -2.39. The maximum Gasteiger partial charge on any atom is 0.264 e. The Bertz CT molecular complexity index is 966. The van der Waals surface area contributed by atoms with E-state index >= 15 is 0 Å². The van der Waals surface area contributed by atoms with Crippen molar-refractivity contribution in [3.8, 4) is 0 Å². The Morgan fingerprint density at radius 3 is 2.70 bits per heavy atom. The number of hydrogen-bond donors (Lipinski definition) is 2. The first-order valence-corrected chi connectivity index (χ1v) is 9.85.